The van der Waals surface area contributed by atoms with E-state index in [0.717, 1.165) is 31.2 Å². The number of aromatic nitrogens is 2. The number of likely N-dealkylation sites (N-methyl/N-ethyl adjacent to an activating group) is 1. The summed E-state index contributed by atoms with van der Waals surface area (Å²) in [6.07, 6.45) is 0. The molecule has 0 unspecified atom stereocenters. The monoisotopic (exact) mass is 472 g/mol. The summed E-state index contributed by atoms with van der Waals surface area (Å²) in [5.41, 5.74) is -1.08. The minimum atomic E-state index is -3.79. The number of nitrogens with one attached hydrogen (secondary N) is 1. The second kappa shape index (κ2) is 7.94. The van der Waals surface area contributed by atoms with Crippen LogP contribution in [0.3, 0.4) is 0 Å². The molecular formula is C25H27F3N4O2. The van der Waals surface area contributed by atoms with Gasteiger partial charge in [-0.15, -0.1) is 0 Å². The number of amides is 1. The Labute approximate surface area is 195 Å². The van der Waals surface area contributed by atoms with Gasteiger partial charge >= 0.3 is 5.92 Å². The highest BCUT2D eigenvalue weighted by Crippen LogP contribution is 2.42. The maximum absolute atomic E-state index is 15.3. The van der Waals surface area contributed by atoms with Crippen molar-refractivity contribution in [3.8, 4) is 0 Å². The van der Waals surface area contributed by atoms with Crippen LogP contribution in [0.4, 0.5) is 24.7 Å². The number of hydrogen-bond donors (Lipinski definition) is 2. The molecule has 0 spiro atoms. The van der Waals surface area contributed by atoms with Gasteiger partial charge in [0.25, 0.3) is 0 Å². The SMILES string of the molecule is Cc1nc(N[C@H](C)c2cccc(C(F)(F)C(C)(C)O)c2F)c2cc3c(cc2n1)[C@H](C)C(=O)N3C. The van der Waals surface area contributed by atoms with E-state index in [1.807, 2.05) is 19.1 Å². The molecule has 3 aromatic rings. The minimum Gasteiger partial charge on any atom is -0.384 e. The van der Waals surface area contributed by atoms with E-state index >= 15 is 4.39 Å². The first-order chi connectivity index (χ1) is 15.7. The number of carbonyl (C=O) groups excluding carboxylic acids is 1. The van der Waals surface area contributed by atoms with Crippen LogP contribution >= 0.6 is 0 Å². The Hall–Kier alpha value is -3.20. The molecule has 2 heterocycles. The second-order valence-corrected chi connectivity index (χ2v) is 9.37. The van der Waals surface area contributed by atoms with Crippen molar-refractivity contribution in [2.75, 3.05) is 17.3 Å². The van der Waals surface area contributed by atoms with Gasteiger partial charge in [0.05, 0.1) is 23.0 Å². The third-order valence-corrected chi connectivity index (χ3v) is 6.44. The number of aryl methyl sites for hydroxylation is 1. The number of fused-ring (bicyclic) bond motifs is 2. The quantitative estimate of drug-likeness (QED) is 0.534. The molecule has 4 rings (SSSR count). The first-order valence-electron chi connectivity index (χ1n) is 11.0. The fraction of sp³-hybridized carbons (Fsp3) is 0.400. The van der Waals surface area contributed by atoms with Crippen LogP contribution in [0.2, 0.25) is 0 Å². The molecule has 0 aliphatic carbocycles. The molecule has 180 valence electrons. The summed E-state index contributed by atoms with van der Waals surface area (Å²) >= 11 is 0. The van der Waals surface area contributed by atoms with Gasteiger partial charge in [0.2, 0.25) is 5.91 Å². The van der Waals surface area contributed by atoms with Gasteiger partial charge in [0, 0.05) is 23.7 Å². The van der Waals surface area contributed by atoms with Crippen LogP contribution in [0, 0.1) is 12.7 Å². The largest absolute Gasteiger partial charge is 0.384 e. The molecule has 0 saturated carbocycles. The topological polar surface area (TPSA) is 78.4 Å². The third kappa shape index (κ3) is 3.68. The maximum atomic E-state index is 15.3. The lowest BCUT2D eigenvalue weighted by atomic mass is 9.91. The summed E-state index contributed by atoms with van der Waals surface area (Å²) in [4.78, 5) is 23.0. The number of aliphatic hydroxyl groups is 1. The molecule has 1 aromatic heterocycles. The second-order valence-electron chi connectivity index (χ2n) is 9.37. The van der Waals surface area contributed by atoms with Crippen LogP contribution < -0.4 is 10.2 Å². The zero-order valence-corrected chi connectivity index (χ0v) is 19.9. The smallest absolute Gasteiger partial charge is 0.303 e. The third-order valence-electron chi connectivity index (χ3n) is 6.44. The minimum absolute atomic E-state index is 0.00733. The van der Waals surface area contributed by atoms with Crippen molar-refractivity contribution < 1.29 is 23.1 Å². The van der Waals surface area contributed by atoms with E-state index in [9.17, 15) is 18.7 Å². The van der Waals surface area contributed by atoms with Crippen LogP contribution in [-0.2, 0) is 10.7 Å². The number of benzene rings is 2. The van der Waals surface area contributed by atoms with E-state index < -0.39 is 28.9 Å². The van der Waals surface area contributed by atoms with E-state index in [-0.39, 0.29) is 17.4 Å². The Morgan fingerprint density at radius 3 is 2.53 bits per heavy atom. The maximum Gasteiger partial charge on any atom is 0.303 e. The van der Waals surface area contributed by atoms with Crippen molar-refractivity contribution in [2.45, 2.75) is 58.1 Å². The Bertz CT molecular complexity index is 1300. The number of halogens is 3. The van der Waals surface area contributed by atoms with Crippen molar-refractivity contribution in [1.82, 2.24) is 9.97 Å². The summed E-state index contributed by atoms with van der Waals surface area (Å²) in [5.74, 6) is -4.33. The zero-order chi connectivity index (χ0) is 25.2. The van der Waals surface area contributed by atoms with Crippen molar-refractivity contribution in [3.63, 3.8) is 0 Å². The molecule has 0 saturated heterocycles. The summed E-state index contributed by atoms with van der Waals surface area (Å²) in [6, 6.07) is 6.66. The normalized spacial score (nSPS) is 17.3. The number of nitrogens with zero attached hydrogens (tertiary/aromatic N) is 3. The molecule has 9 heteroatoms. The van der Waals surface area contributed by atoms with Gasteiger partial charge in [-0.1, -0.05) is 12.1 Å². The highest BCUT2D eigenvalue weighted by molar-refractivity contribution is 6.07. The number of carbonyl (C=O) groups is 1. The molecule has 1 aliphatic rings. The first-order valence-corrected chi connectivity index (χ1v) is 11.0. The average molecular weight is 473 g/mol. The first kappa shape index (κ1) is 23.9. The Morgan fingerprint density at radius 2 is 1.88 bits per heavy atom. The molecule has 6 nitrogen and oxygen atoms in total. The molecule has 2 atom stereocenters. The fourth-order valence-electron chi connectivity index (χ4n) is 4.33. The van der Waals surface area contributed by atoms with Gasteiger partial charge in [-0.05, 0) is 58.4 Å². The van der Waals surface area contributed by atoms with Crippen LogP contribution in [0.1, 0.15) is 62.2 Å². The van der Waals surface area contributed by atoms with Crippen LogP contribution in [0.15, 0.2) is 30.3 Å². The van der Waals surface area contributed by atoms with Crippen LogP contribution in [-0.4, -0.2) is 33.6 Å². The van der Waals surface area contributed by atoms with E-state index in [4.69, 9.17) is 0 Å². The predicted molar refractivity (Wildman–Crippen MR) is 125 cm³/mol. The molecular weight excluding hydrogens is 445 g/mol. The Morgan fingerprint density at radius 1 is 1.21 bits per heavy atom. The lowest BCUT2D eigenvalue weighted by Crippen LogP contribution is -2.41. The Balaban J connectivity index is 1.77. The molecule has 0 fully saturated rings. The molecule has 2 aromatic carbocycles. The van der Waals surface area contributed by atoms with Crippen molar-refractivity contribution >= 4 is 28.3 Å². The van der Waals surface area contributed by atoms with E-state index in [2.05, 4.69) is 15.3 Å². The molecule has 34 heavy (non-hydrogen) atoms. The standard InChI is InChI=1S/C25H27F3N4O2/c1-12-16-10-19-17(11-20(16)32(6)23(12)33)22(31-14(3)30-19)29-13(2)15-8-7-9-18(21(15)26)25(27,28)24(4,5)34/h7-13,34H,1-6H3,(H,29,30,31)/t12-,13+/m0/s1. The summed E-state index contributed by atoms with van der Waals surface area (Å²) < 4.78 is 44.7. The lowest BCUT2D eigenvalue weighted by Gasteiger charge is -2.30. The molecule has 2 N–H and O–H groups in total. The molecule has 0 radical (unpaired) electrons. The Kier molecular flexibility index (Phi) is 5.59. The molecule has 1 aliphatic heterocycles. The predicted octanol–water partition coefficient (Wildman–Crippen LogP) is 5.19. The van der Waals surface area contributed by atoms with E-state index in [0.29, 0.717) is 22.5 Å². The average Bonchev–Trinajstić information content (AvgIpc) is 2.95. The number of anilines is 2. The van der Waals surface area contributed by atoms with Crippen LogP contribution in [0.5, 0.6) is 0 Å². The van der Waals surface area contributed by atoms with Gasteiger partial charge in [-0.3, -0.25) is 4.79 Å². The highest BCUT2D eigenvalue weighted by Gasteiger charge is 2.49. The summed E-state index contributed by atoms with van der Waals surface area (Å²) in [5, 5.41) is 13.7. The number of rotatable bonds is 5. The van der Waals surface area contributed by atoms with Crippen molar-refractivity contribution in [3.05, 3.63) is 58.7 Å². The van der Waals surface area contributed by atoms with Gasteiger partial charge in [-0.25, -0.2) is 14.4 Å². The van der Waals surface area contributed by atoms with Gasteiger partial charge < -0.3 is 15.3 Å². The van der Waals surface area contributed by atoms with E-state index in [1.165, 1.54) is 12.1 Å². The van der Waals surface area contributed by atoms with Gasteiger partial charge in [0.1, 0.15) is 23.1 Å². The fourth-order valence-corrected chi connectivity index (χ4v) is 4.33. The highest BCUT2D eigenvalue weighted by atomic mass is 19.3. The zero-order valence-electron chi connectivity index (χ0n) is 19.9. The van der Waals surface area contributed by atoms with Crippen molar-refractivity contribution in [2.24, 2.45) is 0 Å². The lowest BCUT2D eigenvalue weighted by molar-refractivity contribution is -0.170. The summed E-state index contributed by atoms with van der Waals surface area (Å²) in [6.45, 7) is 7.08. The molecule has 1 amide bonds. The van der Waals surface area contributed by atoms with Gasteiger partial charge in [0.15, 0.2) is 0 Å². The van der Waals surface area contributed by atoms with E-state index in [1.54, 1.807) is 25.8 Å². The van der Waals surface area contributed by atoms with Crippen LogP contribution in [0.25, 0.3) is 10.9 Å². The number of hydrogen-bond acceptors (Lipinski definition) is 5. The van der Waals surface area contributed by atoms with Crippen molar-refractivity contribution in [1.29, 1.82) is 0 Å². The summed E-state index contributed by atoms with van der Waals surface area (Å²) in [7, 11) is 1.70. The molecule has 0 bridgehead atoms. The van der Waals surface area contributed by atoms with Gasteiger partial charge in [-0.2, -0.15) is 8.78 Å². The number of alkyl halides is 2.